The first-order valence-corrected chi connectivity index (χ1v) is 10.3. The normalized spacial score (nSPS) is 10.7. The van der Waals surface area contributed by atoms with Crippen LogP contribution in [-0.2, 0) is 6.61 Å². The molecule has 0 aliphatic heterocycles. The summed E-state index contributed by atoms with van der Waals surface area (Å²) in [5.74, 6) is 0.538. The quantitative estimate of drug-likeness (QED) is 0.372. The van der Waals surface area contributed by atoms with Gasteiger partial charge in [0.1, 0.15) is 6.61 Å². The number of hydrogen-bond donors (Lipinski definition) is 1. The van der Waals surface area contributed by atoms with Crippen LogP contribution in [0.4, 0.5) is 5.69 Å². The van der Waals surface area contributed by atoms with E-state index < -0.39 is 0 Å². The molecule has 4 rings (SSSR count). The Kier molecular flexibility index (Phi) is 6.10. The Hall–Kier alpha value is -3.50. The van der Waals surface area contributed by atoms with E-state index in [0.29, 0.717) is 28.7 Å². The first-order valence-electron chi connectivity index (χ1n) is 9.90. The number of methoxy groups -OCH3 is 1. The molecule has 1 N–H and O–H groups in total. The van der Waals surface area contributed by atoms with Crippen LogP contribution in [0.25, 0.3) is 10.8 Å². The van der Waals surface area contributed by atoms with Gasteiger partial charge in [-0.05, 0) is 36.1 Å². The molecular weight excluding hydrogens is 410 g/mol. The van der Waals surface area contributed by atoms with Crippen molar-refractivity contribution in [1.82, 2.24) is 0 Å². The molecule has 0 fully saturated rings. The van der Waals surface area contributed by atoms with Crippen molar-refractivity contribution in [3.05, 3.63) is 101 Å². The third-order valence-corrected chi connectivity index (χ3v) is 5.31. The molecule has 0 saturated heterocycles. The van der Waals surface area contributed by atoms with Crippen molar-refractivity contribution in [3.63, 3.8) is 0 Å². The van der Waals surface area contributed by atoms with Crippen LogP contribution in [0.15, 0.2) is 78.9 Å². The first-order chi connectivity index (χ1) is 15.0. The summed E-state index contributed by atoms with van der Waals surface area (Å²) in [6, 6.07) is 25.0. The molecule has 156 valence electrons. The highest BCUT2D eigenvalue weighted by Gasteiger charge is 2.17. The highest BCUT2D eigenvalue weighted by atomic mass is 35.5. The fraction of sp³-hybridized carbons (Fsp3) is 0.115. The van der Waals surface area contributed by atoms with Gasteiger partial charge in [0, 0.05) is 16.6 Å². The molecule has 0 heterocycles. The van der Waals surface area contributed by atoms with E-state index in [9.17, 15) is 4.79 Å². The second kappa shape index (κ2) is 9.11. The summed E-state index contributed by atoms with van der Waals surface area (Å²) in [6.45, 7) is 2.38. The Balaban J connectivity index is 1.56. The highest BCUT2D eigenvalue weighted by Crippen LogP contribution is 2.37. The highest BCUT2D eigenvalue weighted by molar-refractivity contribution is 6.32. The Morgan fingerprint density at radius 1 is 0.968 bits per heavy atom. The molecular formula is C26H22ClNO3. The van der Waals surface area contributed by atoms with E-state index in [4.69, 9.17) is 21.1 Å². The summed E-state index contributed by atoms with van der Waals surface area (Å²) in [5, 5.41) is 5.30. The topological polar surface area (TPSA) is 47.6 Å². The number of halogens is 1. The number of carbonyl (C=O) groups is 1. The fourth-order valence-corrected chi connectivity index (χ4v) is 3.62. The smallest absolute Gasteiger partial charge is 0.255 e. The Bertz CT molecular complexity index is 1230. The van der Waals surface area contributed by atoms with Gasteiger partial charge in [0.05, 0.1) is 12.1 Å². The Morgan fingerprint density at radius 3 is 2.48 bits per heavy atom. The third-order valence-electron chi connectivity index (χ3n) is 5.03. The van der Waals surface area contributed by atoms with Crippen LogP contribution in [0.1, 0.15) is 21.5 Å². The van der Waals surface area contributed by atoms with Gasteiger partial charge in [-0.1, -0.05) is 77.8 Å². The largest absolute Gasteiger partial charge is 0.493 e. The number of rotatable bonds is 6. The van der Waals surface area contributed by atoms with E-state index in [2.05, 4.69) is 5.32 Å². The molecule has 0 aromatic heterocycles. The summed E-state index contributed by atoms with van der Waals surface area (Å²) in [5.41, 5.74) is 3.32. The van der Waals surface area contributed by atoms with Crippen molar-refractivity contribution in [3.8, 4) is 11.5 Å². The molecule has 0 aliphatic carbocycles. The minimum atomic E-state index is -0.276. The maximum atomic E-state index is 12.9. The number of hydrogen-bond acceptors (Lipinski definition) is 3. The zero-order valence-corrected chi connectivity index (χ0v) is 18.1. The lowest BCUT2D eigenvalue weighted by atomic mass is 10.1. The van der Waals surface area contributed by atoms with Gasteiger partial charge in [0.15, 0.2) is 11.5 Å². The lowest BCUT2D eigenvalue weighted by molar-refractivity contribution is 0.102. The van der Waals surface area contributed by atoms with E-state index in [1.165, 1.54) is 12.7 Å². The van der Waals surface area contributed by atoms with E-state index in [0.717, 1.165) is 22.0 Å². The van der Waals surface area contributed by atoms with Gasteiger partial charge in [-0.3, -0.25) is 4.79 Å². The number of nitrogens with one attached hydrogen (secondary N) is 1. The van der Waals surface area contributed by atoms with Crippen LogP contribution < -0.4 is 14.8 Å². The zero-order chi connectivity index (χ0) is 21.8. The number of fused-ring (bicyclic) bond motifs is 1. The monoisotopic (exact) mass is 431 g/mol. The average molecular weight is 432 g/mol. The molecule has 1 amide bonds. The number of carbonyl (C=O) groups excluding carboxylic acids is 1. The van der Waals surface area contributed by atoms with Gasteiger partial charge >= 0.3 is 0 Å². The number of amides is 1. The number of benzene rings is 4. The molecule has 0 radical (unpaired) electrons. The second-order valence-corrected chi connectivity index (χ2v) is 7.65. The van der Waals surface area contributed by atoms with Crippen molar-refractivity contribution < 1.29 is 14.3 Å². The van der Waals surface area contributed by atoms with Gasteiger partial charge in [0.25, 0.3) is 5.91 Å². The molecule has 4 nitrogen and oxygen atoms in total. The van der Waals surface area contributed by atoms with Gasteiger partial charge in [0.2, 0.25) is 0 Å². The fourth-order valence-electron chi connectivity index (χ4n) is 3.36. The van der Waals surface area contributed by atoms with Gasteiger partial charge < -0.3 is 14.8 Å². The molecule has 0 spiro atoms. The minimum absolute atomic E-state index is 0.276. The van der Waals surface area contributed by atoms with E-state index in [-0.39, 0.29) is 5.91 Å². The van der Waals surface area contributed by atoms with Gasteiger partial charge in [-0.2, -0.15) is 0 Å². The maximum Gasteiger partial charge on any atom is 0.255 e. The average Bonchev–Trinajstić information content (AvgIpc) is 2.79. The standard InChI is InChI=1S/C26H22ClNO3/c1-17-10-12-18(13-11-17)16-31-25-22(27)14-20(15-24(25)30-2)26(29)28-23-9-5-7-19-6-3-4-8-21(19)23/h3-15H,16H2,1-2H3,(H,28,29). The van der Waals surface area contributed by atoms with Crippen LogP contribution in [0.3, 0.4) is 0 Å². The zero-order valence-electron chi connectivity index (χ0n) is 17.3. The summed E-state index contributed by atoms with van der Waals surface area (Å²) >= 11 is 6.46. The lowest BCUT2D eigenvalue weighted by Crippen LogP contribution is -2.12. The molecule has 5 heteroatoms. The van der Waals surface area contributed by atoms with Crippen LogP contribution in [0, 0.1) is 6.92 Å². The summed E-state index contributed by atoms with van der Waals surface area (Å²) in [4.78, 5) is 12.9. The Labute approximate surface area is 186 Å². The predicted molar refractivity (Wildman–Crippen MR) is 125 cm³/mol. The minimum Gasteiger partial charge on any atom is -0.493 e. The number of aryl methyl sites for hydroxylation is 1. The molecule has 0 atom stereocenters. The number of anilines is 1. The molecule has 0 bridgehead atoms. The first kappa shape index (κ1) is 20.8. The van der Waals surface area contributed by atoms with Crippen LogP contribution in [0.2, 0.25) is 5.02 Å². The molecule has 0 unspecified atom stereocenters. The predicted octanol–water partition coefficient (Wildman–Crippen LogP) is 6.64. The number of ether oxygens (including phenoxy) is 2. The van der Waals surface area contributed by atoms with Crippen molar-refractivity contribution in [2.45, 2.75) is 13.5 Å². The van der Waals surface area contributed by atoms with Crippen molar-refractivity contribution in [1.29, 1.82) is 0 Å². The SMILES string of the molecule is COc1cc(C(=O)Nc2cccc3ccccc23)cc(Cl)c1OCc1ccc(C)cc1. The summed E-state index contributed by atoms with van der Waals surface area (Å²) < 4.78 is 11.4. The van der Waals surface area contributed by atoms with Crippen LogP contribution in [-0.4, -0.2) is 13.0 Å². The van der Waals surface area contributed by atoms with Gasteiger partial charge in [-0.15, -0.1) is 0 Å². The van der Waals surface area contributed by atoms with Crippen molar-refractivity contribution in [2.75, 3.05) is 12.4 Å². The molecule has 0 saturated carbocycles. The maximum absolute atomic E-state index is 12.9. The summed E-state index contributed by atoms with van der Waals surface area (Å²) in [6.07, 6.45) is 0. The van der Waals surface area contributed by atoms with Crippen molar-refractivity contribution >= 4 is 34.0 Å². The lowest BCUT2D eigenvalue weighted by Gasteiger charge is -2.15. The molecule has 4 aromatic carbocycles. The van der Waals surface area contributed by atoms with E-state index >= 15 is 0 Å². The van der Waals surface area contributed by atoms with E-state index in [1.807, 2.05) is 73.7 Å². The second-order valence-electron chi connectivity index (χ2n) is 7.24. The van der Waals surface area contributed by atoms with Gasteiger partial charge in [-0.25, -0.2) is 0 Å². The third kappa shape index (κ3) is 4.65. The van der Waals surface area contributed by atoms with Crippen LogP contribution in [0.5, 0.6) is 11.5 Å². The molecule has 4 aromatic rings. The Morgan fingerprint density at radius 2 is 1.71 bits per heavy atom. The molecule has 0 aliphatic rings. The molecule has 31 heavy (non-hydrogen) atoms. The summed E-state index contributed by atoms with van der Waals surface area (Å²) in [7, 11) is 1.52. The van der Waals surface area contributed by atoms with E-state index in [1.54, 1.807) is 12.1 Å². The van der Waals surface area contributed by atoms with Crippen molar-refractivity contribution in [2.24, 2.45) is 0 Å². The van der Waals surface area contributed by atoms with Crippen LogP contribution >= 0.6 is 11.6 Å².